The Balaban J connectivity index is 0.00000208. The van der Waals surface area contributed by atoms with Crippen molar-refractivity contribution >= 4 is 23.4 Å². The fourth-order valence-corrected chi connectivity index (χ4v) is 2.45. The highest BCUT2D eigenvalue weighted by Gasteiger charge is 2.12. The third-order valence-corrected chi connectivity index (χ3v) is 3.49. The quantitative estimate of drug-likeness (QED) is 0.788. The standard InChI is InChI=1S/C17H14FN5.ClH/c18-14(3-4-19)10-23-11-22-17-15(13-2-1-5-21-9-13)6-12(8-20)7-16(17)23;/h1-3,5-7,9,11H,4,10,19H2;1H/b14-3-;. The fraction of sp³-hybridized carbons (Fsp3) is 0.118. The molecule has 0 spiro atoms. The summed E-state index contributed by atoms with van der Waals surface area (Å²) < 4.78 is 15.4. The lowest BCUT2D eigenvalue weighted by atomic mass is 10.0. The Morgan fingerprint density at radius 2 is 2.25 bits per heavy atom. The van der Waals surface area contributed by atoms with Gasteiger partial charge in [-0.05, 0) is 24.3 Å². The number of nitriles is 1. The van der Waals surface area contributed by atoms with Gasteiger partial charge in [-0.2, -0.15) is 5.26 Å². The number of hydrogen-bond donors (Lipinski definition) is 1. The molecular weight excluding hydrogens is 329 g/mol. The topological polar surface area (TPSA) is 80.5 Å². The highest BCUT2D eigenvalue weighted by molar-refractivity contribution is 5.93. The SMILES string of the molecule is Cl.N#Cc1cc(-c2cccnc2)c2ncn(C/C(F)=C/CN)c2c1. The average Bonchev–Trinajstić information content (AvgIpc) is 2.98. The third-order valence-electron chi connectivity index (χ3n) is 3.49. The van der Waals surface area contributed by atoms with Crippen molar-refractivity contribution in [1.82, 2.24) is 14.5 Å². The normalized spacial score (nSPS) is 11.1. The molecule has 24 heavy (non-hydrogen) atoms. The Morgan fingerprint density at radius 1 is 1.42 bits per heavy atom. The van der Waals surface area contributed by atoms with Crippen LogP contribution in [0.5, 0.6) is 0 Å². The van der Waals surface area contributed by atoms with Crippen molar-refractivity contribution in [2.45, 2.75) is 6.54 Å². The Bertz CT molecular complexity index is 912. The number of nitrogens with zero attached hydrogens (tertiary/aromatic N) is 4. The molecule has 1 aromatic carbocycles. The summed E-state index contributed by atoms with van der Waals surface area (Å²) in [5.41, 5.74) is 8.88. The lowest BCUT2D eigenvalue weighted by Gasteiger charge is -2.06. The molecule has 0 saturated carbocycles. The summed E-state index contributed by atoms with van der Waals surface area (Å²) in [4.78, 5) is 8.49. The molecule has 0 aliphatic heterocycles. The van der Waals surface area contributed by atoms with E-state index in [9.17, 15) is 9.65 Å². The Kier molecular flexibility index (Phi) is 5.64. The van der Waals surface area contributed by atoms with E-state index in [1.54, 1.807) is 35.4 Å². The predicted octanol–water partition coefficient (Wildman–Crippen LogP) is 3.20. The van der Waals surface area contributed by atoms with E-state index in [1.807, 2.05) is 12.1 Å². The molecule has 5 nitrogen and oxygen atoms in total. The maximum absolute atomic E-state index is 13.8. The van der Waals surface area contributed by atoms with Crippen molar-refractivity contribution in [3.8, 4) is 17.2 Å². The van der Waals surface area contributed by atoms with Crippen LogP contribution in [0.15, 0.2) is 54.9 Å². The molecule has 2 N–H and O–H groups in total. The van der Waals surface area contributed by atoms with Gasteiger partial charge in [0.05, 0.1) is 35.5 Å². The molecule has 0 amide bonds. The number of hydrogen-bond acceptors (Lipinski definition) is 4. The molecular formula is C17H15ClFN5. The van der Waals surface area contributed by atoms with E-state index in [0.717, 1.165) is 11.1 Å². The van der Waals surface area contributed by atoms with Gasteiger partial charge in [-0.15, -0.1) is 12.4 Å². The van der Waals surface area contributed by atoms with Gasteiger partial charge in [0.15, 0.2) is 0 Å². The Hall–Kier alpha value is -2.75. The molecule has 2 aromatic heterocycles. The van der Waals surface area contributed by atoms with Crippen LogP contribution in [0.1, 0.15) is 5.56 Å². The number of allylic oxidation sites excluding steroid dienone is 1. The highest BCUT2D eigenvalue weighted by atomic mass is 35.5. The first kappa shape index (κ1) is 17.6. The molecule has 0 unspecified atom stereocenters. The molecule has 122 valence electrons. The number of rotatable bonds is 4. The van der Waals surface area contributed by atoms with Crippen molar-refractivity contribution in [2.75, 3.05) is 6.54 Å². The summed E-state index contributed by atoms with van der Waals surface area (Å²) in [7, 11) is 0. The smallest absolute Gasteiger partial charge is 0.117 e. The van der Waals surface area contributed by atoms with Crippen LogP contribution < -0.4 is 5.73 Å². The monoisotopic (exact) mass is 343 g/mol. The first-order chi connectivity index (χ1) is 11.2. The largest absolute Gasteiger partial charge is 0.327 e. The van der Waals surface area contributed by atoms with Crippen molar-refractivity contribution in [3.05, 3.63) is 60.5 Å². The van der Waals surface area contributed by atoms with Crippen molar-refractivity contribution in [1.29, 1.82) is 5.26 Å². The number of benzene rings is 1. The van der Waals surface area contributed by atoms with Crippen molar-refractivity contribution in [3.63, 3.8) is 0 Å². The van der Waals surface area contributed by atoms with E-state index in [-0.39, 0.29) is 31.3 Å². The lowest BCUT2D eigenvalue weighted by Crippen LogP contribution is -2.00. The molecule has 0 aliphatic rings. The Morgan fingerprint density at radius 3 is 2.92 bits per heavy atom. The summed E-state index contributed by atoms with van der Waals surface area (Å²) in [5.74, 6) is -0.336. The first-order valence-corrected chi connectivity index (χ1v) is 7.07. The minimum Gasteiger partial charge on any atom is -0.327 e. The van der Waals surface area contributed by atoms with Gasteiger partial charge in [0.2, 0.25) is 0 Å². The zero-order valence-electron chi connectivity index (χ0n) is 12.7. The predicted molar refractivity (Wildman–Crippen MR) is 93.2 cm³/mol. The maximum Gasteiger partial charge on any atom is 0.117 e. The van der Waals surface area contributed by atoms with Crippen LogP contribution in [-0.2, 0) is 6.54 Å². The summed E-state index contributed by atoms with van der Waals surface area (Å²) >= 11 is 0. The number of aromatic nitrogens is 3. The molecule has 0 aliphatic carbocycles. The van der Waals surface area contributed by atoms with Gasteiger partial charge in [0, 0.05) is 30.1 Å². The molecule has 0 radical (unpaired) electrons. The van der Waals surface area contributed by atoms with Crippen molar-refractivity contribution in [2.24, 2.45) is 5.73 Å². The highest BCUT2D eigenvalue weighted by Crippen LogP contribution is 2.29. The van der Waals surface area contributed by atoms with Gasteiger partial charge in [-0.25, -0.2) is 9.37 Å². The first-order valence-electron chi connectivity index (χ1n) is 7.07. The maximum atomic E-state index is 13.8. The van der Waals surface area contributed by atoms with Crippen LogP contribution in [0.3, 0.4) is 0 Å². The van der Waals surface area contributed by atoms with E-state index >= 15 is 0 Å². The Labute approximate surface area is 144 Å². The molecule has 0 bridgehead atoms. The van der Waals surface area contributed by atoms with Crippen LogP contribution in [-0.4, -0.2) is 21.1 Å². The van der Waals surface area contributed by atoms with Gasteiger partial charge in [0.1, 0.15) is 5.83 Å². The van der Waals surface area contributed by atoms with E-state index in [2.05, 4.69) is 16.0 Å². The van der Waals surface area contributed by atoms with Crippen LogP contribution in [0.2, 0.25) is 0 Å². The average molecular weight is 344 g/mol. The molecule has 0 fully saturated rings. The number of fused-ring (bicyclic) bond motifs is 1. The number of nitrogens with two attached hydrogens (primary N) is 1. The number of pyridine rings is 1. The fourth-order valence-electron chi connectivity index (χ4n) is 2.45. The van der Waals surface area contributed by atoms with Gasteiger partial charge in [-0.1, -0.05) is 6.07 Å². The zero-order valence-corrected chi connectivity index (χ0v) is 13.5. The second-order valence-corrected chi connectivity index (χ2v) is 5.00. The molecule has 7 heteroatoms. The van der Waals surface area contributed by atoms with E-state index in [0.29, 0.717) is 16.6 Å². The lowest BCUT2D eigenvalue weighted by molar-refractivity contribution is 0.558. The summed E-state index contributed by atoms with van der Waals surface area (Å²) in [6, 6.07) is 9.33. The minimum absolute atomic E-state index is 0. The van der Waals surface area contributed by atoms with E-state index in [1.165, 1.54) is 6.08 Å². The number of halogens is 2. The molecule has 3 aromatic rings. The van der Waals surface area contributed by atoms with Gasteiger partial charge in [-0.3, -0.25) is 4.98 Å². The summed E-state index contributed by atoms with van der Waals surface area (Å²) in [6.45, 7) is 0.178. The second kappa shape index (κ2) is 7.68. The molecule has 3 rings (SSSR count). The van der Waals surface area contributed by atoms with Crippen molar-refractivity contribution < 1.29 is 4.39 Å². The van der Waals surface area contributed by atoms with Gasteiger partial charge in [0.25, 0.3) is 0 Å². The van der Waals surface area contributed by atoms with Gasteiger partial charge < -0.3 is 10.3 Å². The molecule has 2 heterocycles. The van der Waals surface area contributed by atoms with Crippen LogP contribution in [0, 0.1) is 11.3 Å². The minimum atomic E-state index is -0.336. The van der Waals surface area contributed by atoms with Crippen LogP contribution in [0.4, 0.5) is 4.39 Å². The van der Waals surface area contributed by atoms with E-state index in [4.69, 9.17) is 5.73 Å². The molecule has 0 saturated heterocycles. The number of imidazole rings is 1. The van der Waals surface area contributed by atoms with E-state index < -0.39 is 0 Å². The van der Waals surface area contributed by atoms with Crippen LogP contribution in [0.25, 0.3) is 22.2 Å². The third kappa shape index (κ3) is 3.43. The van der Waals surface area contributed by atoms with Crippen LogP contribution >= 0.6 is 12.4 Å². The zero-order chi connectivity index (χ0) is 16.2. The van der Waals surface area contributed by atoms with Gasteiger partial charge >= 0.3 is 0 Å². The summed E-state index contributed by atoms with van der Waals surface area (Å²) in [5, 5.41) is 9.27. The summed E-state index contributed by atoms with van der Waals surface area (Å²) in [6.07, 6.45) is 6.28. The second-order valence-electron chi connectivity index (χ2n) is 5.00. The molecule has 0 atom stereocenters.